The molecule has 0 saturated carbocycles. The van der Waals surface area contributed by atoms with Crippen LogP contribution in [0.25, 0.3) is 0 Å². The van der Waals surface area contributed by atoms with Crippen LogP contribution in [0.2, 0.25) is 0 Å². The summed E-state index contributed by atoms with van der Waals surface area (Å²) in [5, 5.41) is 11.3. The molecule has 0 aliphatic rings. The van der Waals surface area contributed by atoms with Gasteiger partial charge in [0, 0.05) is 11.8 Å². The minimum Gasteiger partial charge on any atom is -0.489 e. The lowest BCUT2D eigenvalue weighted by atomic mass is 10.1. The highest BCUT2D eigenvalue weighted by atomic mass is 16.5. The molecule has 4 rings (SSSR count). The number of ether oxygens (including phenoxy) is 1. The zero-order chi connectivity index (χ0) is 22.7. The molecule has 0 aliphatic heterocycles. The molecule has 2 aromatic heterocycles. The highest BCUT2D eigenvalue weighted by Crippen LogP contribution is 2.21. The van der Waals surface area contributed by atoms with E-state index >= 15 is 0 Å². The number of aryl methyl sites for hydroxylation is 4. The topological polar surface area (TPSA) is 82.2 Å². The molecule has 0 aliphatic carbocycles. The number of nitrogens with one attached hydrogen (secondary N) is 1. The van der Waals surface area contributed by atoms with Crippen LogP contribution in [0.1, 0.15) is 44.2 Å². The van der Waals surface area contributed by atoms with Crippen molar-refractivity contribution in [3.63, 3.8) is 0 Å². The fourth-order valence-electron chi connectivity index (χ4n) is 3.57. The standard InChI is InChI=1S/C25H26N4O3/c1-16-10-17(2)12-21(11-16)31-15-22-19(4)32-28-24(22)25(30)26-23-13-18(3)29(27-23)14-20-8-6-5-7-9-20/h5-13H,14-15H2,1-4H3,(H,26,27,30). The van der Waals surface area contributed by atoms with Crippen molar-refractivity contribution in [2.24, 2.45) is 0 Å². The molecule has 0 radical (unpaired) electrons. The maximum atomic E-state index is 12.9. The number of carbonyl (C=O) groups excluding carboxylic acids is 1. The van der Waals surface area contributed by atoms with Crippen LogP contribution in [0.4, 0.5) is 5.82 Å². The van der Waals surface area contributed by atoms with E-state index in [-0.39, 0.29) is 18.2 Å². The van der Waals surface area contributed by atoms with Gasteiger partial charge >= 0.3 is 0 Å². The molecule has 0 spiro atoms. The number of aromatic nitrogens is 3. The van der Waals surface area contributed by atoms with Gasteiger partial charge in [-0.2, -0.15) is 5.10 Å². The molecule has 2 heterocycles. The Morgan fingerprint density at radius 3 is 2.47 bits per heavy atom. The number of amides is 1. The molecular formula is C25H26N4O3. The van der Waals surface area contributed by atoms with Crippen LogP contribution in [-0.4, -0.2) is 20.8 Å². The number of hydrogen-bond acceptors (Lipinski definition) is 5. The zero-order valence-corrected chi connectivity index (χ0v) is 18.7. The Bertz CT molecular complexity index is 1220. The van der Waals surface area contributed by atoms with Gasteiger partial charge < -0.3 is 14.6 Å². The monoisotopic (exact) mass is 430 g/mol. The predicted octanol–water partition coefficient (Wildman–Crippen LogP) is 4.98. The van der Waals surface area contributed by atoms with Gasteiger partial charge in [0.2, 0.25) is 0 Å². The van der Waals surface area contributed by atoms with E-state index in [0.717, 1.165) is 28.1 Å². The molecule has 32 heavy (non-hydrogen) atoms. The first-order valence-electron chi connectivity index (χ1n) is 10.4. The summed E-state index contributed by atoms with van der Waals surface area (Å²) in [5.41, 5.74) is 5.11. The molecular weight excluding hydrogens is 404 g/mol. The van der Waals surface area contributed by atoms with E-state index in [1.807, 2.05) is 74.0 Å². The van der Waals surface area contributed by atoms with Crippen molar-refractivity contribution in [3.05, 3.63) is 94.0 Å². The molecule has 4 aromatic rings. The van der Waals surface area contributed by atoms with Crippen LogP contribution in [0.5, 0.6) is 5.75 Å². The van der Waals surface area contributed by atoms with E-state index < -0.39 is 0 Å². The second kappa shape index (κ2) is 9.09. The Morgan fingerprint density at radius 2 is 1.75 bits per heavy atom. The molecule has 0 saturated heterocycles. The third kappa shape index (κ3) is 4.88. The van der Waals surface area contributed by atoms with Crippen molar-refractivity contribution in [2.75, 3.05) is 5.32 Å². The van der Waals surface area contributed by atoms with Gasteiger partial charge in [-0.05, 0) is 56.5 Å². The summed E-state index contributed by atoms with van der Waals surface area (Å²) in [6.45, 7) is 8.56. The first-order chi connectivity index (χ1) is 15.4. The molecule has 2 aromatic carbocycles. The Morgan fingerprint density at radius 1 is 1.03 bits per heavy atom. The van der Waals surface area contributed by atoms with E-state index in [1.165, 1.54) is 0 Å². The van der Waals surface area contributed by atoms with Crippen LogP contribution >= 0.6 is 0 Å². The van der Waals surface area contributed by atoms with Gasteiger partial charge in [0.15, 0.2) is 11.5 Å². The van der Waals surface area contributed by atoms with Gasteiger partial charge in [-0.3, -0.25) is 9.48 Å². The highest BCUT2D eigenvalue weighted by Gasteiger charge is 2.21. The first-order valence-corrected chi connectivity index (χ1v) is 10.4. The Balaban J connectivity index is 1.47. The van der Waals surface area contributed by atoms with Gasteiger partial charge in [-0.1, -0.05) is 41.6 Å². The Kier molecular flexibility index (Phi) is 6.07. The molecule has 1 amide bonds. The van der Waals surface area contributed by atoms with Crippen LogP contribution in [-0.2, 0) is 13.2 Å². The predicted molar refractivity (Wildman–Crippen MR) is 122 cm³/mol. The van der Waals surface area contributed by atoms with Gasteiger partial charge in [0.05, 0.1) is 12.1 Å². The Hall–Kier alpha value is -3.87. The van der Waals surface area contributed by atoms with Gasteiger partial charge in [-0.15, -0.1) is 0 Å². The molecule has 164 valence electrons. The smallest absolute Gasteiger partial charge is 0.279 e. The maximum Gasteiger partial charge on any atom is 0.279 e. The van der Waals surface area contributed by atoms with E-state index in [9.17, 15) is 4.79 Å². The van der Waals surface area contributed by atoms with Crippen molar-refractivity contribution in [1.29, 1.82) is 0 Å². The molecule has 7 nitrogen and oxygen atoms in total. The van der Waals surface area contributed by atoms with Crippen LogP contribution in [0, 0.1) is 27.7 Å². The number of hydrogen-bond donors (Lipinski definition) is 1. The molecule has 0 bridgehead atoms. The fraction of sp³-hybridized carbons (Fsp3) is 0.240. The summed E-state index contributed by atoms with van der Waals surface area (Å²) in [4.78, 5) is 12.9. The normalized spacial score (nSPS) is 10.9. The average molecular weight is 431 g/mol. The minimum absolute atomic E-state index is 0.183. The van der Waals surface area contributed by atoms with Crippen molar-refractivity contribution >= 4 is 11.7 Å². The van der Waals surface area contributed by atoms with Crippen LogP contribution in [0.3, 0.4) is 0 Å². The second-order valence-electron chi connectivity index (χ2n) is 7.95. The Labute approximate surface area is 187 Å². The van der Waals surface area contributed by atoms with E-state index in [1.54, 1.807) is 6.92 Å². The summed E-state index contributed by atoms with van der Waals surface area (Å²) in [7, 11) is 0. The quantitative estimate of drug-likeness (QED) is 0.447. The molecule has 0 atom stereocenters. The molecule has 0 unspecified atom stereocenters. The maximum absolute atomic E-state index is 12.9. The van der Waals surface area contributed by atoms with Crippen molar-refractivity contribution in [3.8, 4) is 5.75 Å². The average Bonchev–Trinajstić information content (AvgIpc) is 3.28. The number of rotatable bonds is 7. The van der Waals surface area contributed by atoms with Crippen LogP contribution in [0.15, 0.2) is 59.1 Å². The van der Waals surface area contributed by atoms with E-state index in [2.05, 4.69) is 21.6 Å². The van der Waals surface area contributed by atoms with E-state index in [0.29, 0.717) is 23.7 Å². The zero-order valence-electron chi connectivity index (χ0n) is 18.7. The summed E-state index contributed by atoms with van der Waals surface area (Å²) in [6.07, 6.45) is 0. The van der Waals surface area contributed by atoms with Crippen molar-refractivity contribution in [1.82, 2.24) is 14.9 Å². The minimum atomic E-state index is -0.384. The number of nitrogens with zero attached hydrogens (tertiary/aromatic N) is 3. The molecule has 0 fully saturated rings. The number of anilines is 1. The highest BCUT2D eigenvalue weighted by molar-refractivity contribution is 6.03. The summed E-state index contributed by atoms with van der Waals surface area (Å²) >= 11 is 0. The number of benzene rings is 2. The molecule has 1 N–H and O–H groups in total. The lowest BCUT2D eigenvalue weighted by molar-refractivity contribution is 0.101. The number of carbonyl (C=O) groups is 1. The van der Waals surface area contributed by atoms with Gasteiger partial charge in [0.25, 0.3) is 5.91 Å². The van der Waals surface area contributed by atoms with Gasteiger partial charge in [0.1, 0.15) is 18.1 Å². The third-order valence-corrected chi connectivity index (χ3v) is 5.18. The SMILES string of the molecule is Cc1cc(C)cc(OCc2c(C(=O)Nc3cc(C)n(Cc4ccccc4)n3)noc2C)c1. The first kappa shape index (κ1) is 21.4. The van der Waals surface area contributed by atoms with E-state index in [4.69, 9.17) is 9.26 Å². The summed E-state index contributed by atoms with van der Waals surface area (Å²) < 4.78 is 13.1. The second-order valence-corrected chi connectivity index (χ2v) is 7.95. The molecule has 7 heteroatoms. The summed E-state index contributed by atoms with van der Waals surface area (Å²) in [5.74, 6) is 1.37. The van der Waals surface area contributed by atoms with Crippen molar-refractivity contribution < 1.29 is 14.1 Å². The third-order valence-electron chi connectivity index (χ3n) is 5.18. The largest absolute Gasteiger partial charge is 0.489 e. The van der Waals surface area contributed by atoms with Crippen LogP contribution < -0.4 is 10.1 Å². The van der Waals surface area contributed by atoms with Gasteiger partial charge in [-0.25, -0.2) is 0 Å². The lowest BCUT2D eigenvalue weighted by Gasteiger charge is -2.08. The lowest BCUT2D eigenvalue weighted by Crippen LogP contribution is -2.16. The fourth-order valence-corrected chi connectivity index (χ4v) is 3.57. The van der Waals surface area contributed by atoms with Crippen molar-refractivity contribution in [2.45, 2.75) is 40.8 Å². The summed E-state index contributed by atoms with van der Waals surface area (Å²) in [6, 6.07) is 17.9.